The first-order chi connectivity index (χ1) is 10.8. The summed E-state index contributed by atoms with van der Waals surface area (Å²) in [5, 5.41) is 13.7. The number of halogens is 2. The van der Waals surface area contributed by atoms with Gasteiger partial charge in [-0.1, -0.05) is 41.4 Å². The number of carboxylic acid groups (broad SMARTS) is 1. The predicted octanol–water partition coefficient (Wildman–Crippen LogP) is 3.28. The molecule has 1 N–H and O–H groups in total. The SMILES string of the molecule is O=C(O)c1c2ccccc2nn1S(=O)(=O)c1ccc(Cl)cc1Cl. The largest absolute Gasteiger partial charge is 0.476 e. The van der Waals surface area contributed by atoms with Gasteiger partial charge in [-0.3, -0.25) is 0 Å². The normalized spacial score (nSPS) is 11.7. The highest BCUT2D eigenvalue weighted by atomic mass is 35.5. The minimum Gasteiger partial charge on any atom is -0.476 e. The van der Waals surface area contributed by atoms with E-state index in [0.29, 0.717) is 4.09 Å². The number of hydrogen-bond acceptors (Lipinski definition) is 4. The summed E-state index contributed by atoms with van der Waals surface area (Å²) < 4.78 is 26.0. The van der Waals surface area contributed by atoms with Gasteiger partial charge >= 0.3 is 5.97 Å². The third-order valence-electron chi connectivity index (χ3n) is 3.15. The number of aromatic nitrogens is 2. The molecule has 0 unspecified atom stereocenters. The molecule has 1 aromatic heterocycles. The standard InChI is InChI=1S/C14H8Cl2N2O4S/c15-8-5-6-12(10(16)7-8)23(21,22)18-13(14(19)20)9-3-1-2-4-11(9)17-18/h1-7H,(H,19,20). The van der Waals surface area contributed by atoms with Crippen LogP contribution in [0, 0.1) is 0 Å². The Morgan fingerprint density at radius 3 is 2.48 bits per heavy atom. The Morgan fingerprint density at radius 1 is 1.13 bits per heavy atom. The Kier molecular flexibility index (Phi) is 3.79. The lowest BCUT2D eigenvalue weighted by molar-refractivity contribution is 0.0690. The van der Waals surface area contributed by atoms with Crippen LogP contribution >= 0.6 is 23.2 Å². The Labute approximate surface area is 140 Å². The number of nitrogens with zero attached hydrogens (tertiary/aromatic N) is 2. The van der Waals surface area contributed by atoms with Gasteiger partial charge in [-0.2, -0.15) is 13.5 Å². The fraction of sp³-hybridized carbons (Fsp3) is 0. The molecule has 0 fully saturated rings. The highest BCUT2D eigenvalue weighted by Crippen LogP contribution is 2.29. The highest BCUT2D eigenvalue weighted by molar-refractivity contribution is 7.90. The number of hydrogen-bond donors (Lipinski definition) is 1. The van der Waals surface area contributed by atoms with Crippen molar-refractivity contribution in [2.45, 2.75) is 4.90 Å². The van der Waals surface area contributed by atoms with Gasteiger partial charge in [0.25, 0.3) is 10.0 Å². The first kappa shape index (κ1) is 15.8. The summed E-state index contributed by atoms with van der Waals surface area (Å²) in [6.07, 6.45) is 0. The summed E-state index contributed by atoms with van der Waals surface area (Å²) >= 11 is 11.7. The molecule has 0 aliphatic carbocycles. The molecule has 0 amide bonds. The third kappa shape index (κ3) is 2.56. The lowest BCUT2D eigenvalue weighted by Crippen LogP contribution is -2.20. The molecular weight excluding hydrogens is 363 g/mol. The van der Waals surface area contributed by atoms with Gasteiger partial charge in [-0.05, 0) is 24.3 Å². The molecule has 0 saturated carbocycles. The molecular formula is C14H8Cl2N2O4S. The molecule has 0 saturated heterocycles. The number of rotatable bonds is 3. The molecule has 0 aliphatic heterocycles. The third-order valence-corrected chi connectivity index (χ3v) is 5.44. The number of fused-ring (bicyclic) bond motifs is 1. The minimum atomic E-state index is -4.29. The van der Waals surface area contributed by atoms with Gasteiger partial charge < -0.3 is 5.11 Å². The lowest BCUT2D eigenvalue weighted by atomic mass is 10.2. The van der Waals surface area contributed by atoms with Gasteiger partial charge in [0.05, 0.1) is 10.5 Å². The molecule has 23 heavy (non-hydrogen) atoms. The zero-order valence-electron chi connectivity index (χ0n) is 11.3. The fourth-order valence-electron chi connectivity index (χ4n) is 2.16. The molecule has 3 rings (SSSR count). The summed E-state index contributed by atoms with van der Waals surface area (Å²) in [7, 11) is -4.29. The van der Waals surface area contributed by atoms with Gasteiger partial charge in [-0.25, -0.2) is 4.79 Å². The van der Waals surface area contributed by atoms with Crippen molar-refractivity contribution >= 4 is 50.1 Å². The van der Waals surface area contributed by atoms with Crippen LogP contribution in [0.2, 0.25) is 10.0 Å². The van der Waals surface area contributed by atoms with Gasteiger partial charge in [0.15, 0.2) is 5.69 Å². The zero-order valence-corrected chi connectivity index (χ0v) is 13.6. The van der Waals surface area contributed by atoms with Crippen LogP contribution in [0.5, 0.6) is 0 Å². The highest BCUT2D eigenvalue weighted by Gasteiger charge is 2.29. The van der Waals surface area contributed by atoms with E-state index in [0.717, 1.165) is 0 Å². The van der Waals surface area contributed by atoms with E-state index in [1.54, 1.807) is 12.1 Å². The van der Waals surface area contributed by atoms with Gasteiger partial charge in [0, 0.05) is 10.4 Å². The van der Waals surface area contributed by atoms with Crippen LogP contribution in [0.3, 0.4) is 0 Å². The lowest BCUT2D eigenvalue weighted by Gasteiger charge is -2.08. The average molecular weight is 371 g/mol. The Bertz CT molecular complexity index is 1040. The van der Waals surface area contributed by atoms with Crippen LogP contribution in [0.1, 0.15) is 10.5 Å². The van der Waals surface area contributed by atoms with Crippen molar-refractivity contribution in [3.63, 3.8) is 0 Å². The average Bonchev–Trinajstić information content (AvgIpc) is 2.87. The number of benzene rings is 2. The van der Waals surface area contributed by atoms with Crippen LogP contribution in [0.4, 0.5) is 0 Å². The summed E-state index contributed by atoms with van der Waals surface area (Å²) in [5.74, 6) is -1.41. The van der Waals surface area contributed by atoms with E-state index in [-0.39, 0.29) is 25.8 Å². The number of aromatic carboxylic acids is 1. The van der Waals surface area contributed by atoms with Crippen molar-refractivity contribution in [1.29, 1.82) is 0 Å². The van der Waals surface area contributed by atoms with Crippen LogP contribution < -0.4 is 0 Å². The topological polar surface area (TPSA) is 89.3 Å². The van der Waals surface area contributed by atoms with Crippen molar-refractivity contribution in [3.8, 4) is 0 Å². The van der Waals surface area contributed by atoms with Gasteiger partial charge in [-0.15, -0.1) is 4.09 Å². The molecule has 6 nitrogen and oxygen atoms in total. The smallest absolute Gasteiger partial charge is 0.356 e. The molecule has 2 aromatic carbocycles. The van der Waals surface area contributed by atoms with Crippen LogP contribution in [-0.2, 0) is 10.0 Å². The Hall–Kier alpha value is -2.09. The maximum Gasteiger partial charge on any atom is 0.356 e. The van der Waals surface area contributed by atoms with Gasteiger partial charge in [0.2, 0.25) is 0 Å². The first-order valence-corrected chi connectivity index (χ1v) is 8.43. The van der Waals surface area contributed by atoms with Crippen molar-refractivity contribution < 1.29 is 18.3 Å². The molecule has 0 radical (unpaired) electrons. The van der Waals surface area contributed by atoms with E-state index >= 15 is 0 Å². The molecule has 9 heteroatoms. The van der Waals surface area contributed by atoms with E-state index in [4.69, 9.17) is 23.2 Å². The molecule has 0 aliphatic rings. The maximum absolute atomic E-state index is 12.8. The predicted molar refractivity (Wildman–Crippen MR) is 85.7 cm³/mol. The fourth-order valence-corrected chi connectivity index (χ4v) is 4.21. The van der Waals surface area contributed by atoms with Crippen molar-refractivity contribution in [2.75, 3.05) is 0 Å². The quantitative estimate of drug-likeness (QED) is 0.763. The second-order valence-electron chi connectivity index (χ2n) is 4.59. The molecule has 1 heterocycles. The van der Waals surface area contributed by atoms with Crippen molar-refractivity contribution in [2.24, 2.45) is 0 Å². The molecule has 0 bridgehead atoms. The summed E-state index contributed by atoms with van der Waals surface area (Å²) in [5.41, 5.74) is -0.204. The van der Waals surface area contributed by atoms with E-state index in [9.17, 15) is 18.3 Å². The Morgan fingerprint density at radius 2 is 1.83 bits per heavy atom. The van der Waals surface area contributed by atoms with Crippen LogP contribution in [-0.4, -0.2) is 28.7 Å². The van der Waals surface area contributed by atoms with Crippen molar-refractivity contribution in [3.05, 3.63) is 58.2 Å². The monoisotopic (exact) mass is 370 g/mol. The van der Waals surface area contributed by atoms with Crippen LogP contribution in [0.25, 0.3) is 10.9 Å². The molecule has 3 aromatic rings. The first-order valence-electron chi connectivity index (χ1n) is 6.24. The van der Waals surface area contributed by atoms with Gasteiger partial charge in [0.1, 0.15) is 4.90 Å². The van der Waals surface area contributed by atoms with E-state index in [2.05, 4.69) is 5.10 Å². The molecule has 0 atom stereocenters. The zero-order chi connectivity index (χ0) is 16.8. The Balaban J connectivity index is 2.35. The van der Waals surface area contributed by atoms with E-state index in [1.807, 2.05) is 0 Å². The van der Waals surface area contributed by atoms with Crippen molar-refractivity contribution in [1.82, 2.24) is 9.19 Å². The van der Waals surface area contributed by atoms with Crippen LogP contribution in [0.15, 0.2) is 47.4 Å². The second kappa shape index (κ2) is 5.52. The summed E-state index contributed by atoms with van der Waals surface area (Å²) in [6.45, 7) is 0. The maximum atomic E-state index is 12.8. The second-order valence-corrected chi connectivity index (χ2v) is 7.17. The minimum absolute atomic E-state index is 0.117. The number of carboxylic acids is 1. The summed E-state index contributed by atoms with van der Waals surface area (Å²) in [4.78, 5) is 11.3. The van der Waals surface area contributed by atoms with E-state index < -0.39 is 21.7 Å². The molecule has 0 spiro atoms. The number of carbonyl (C=O) groups is 1. The summed E-state index contributed by atoms with van der Waals surface area (Å²) in [6, 6.07) is 10.1. The van der Waals surface area contributed by atoms with E-state index in [1.165, 1.54) is 30.3 Å². The molecule has 118 valence electrons.